The van der Waals surface area contributed by atoms with Crippen LogP contribution in [-0.2, 0) is 0 Å². The average Bonchev–Trinajstić information content (AvgIpc) is 1.86. The van der Waals surface area contributed by atoms with Gasteiger partial charge < -0.3 is 0 Å². The average molecular weight is 162 g/mol. The summed E-state index contributed by atoms with van der Waals surface area (Å²) >= 11 is 0. The Labute approximate surface area is 66.7 Å². The van der Waals surface area contributed by atoms with Crippen molar-refractivity contribution >= 4 is 7.26 Å². The SMILES string of the molecule is CCC(C)[PH](C)(C)C(C)C. The van der Waals surface area contributed by atoms with Crippen LogP contribution in [0, 0.1) is 0 Å². The van der Waals surface area contributed by atoms with Crippen molar-refractivity contribution in [1.29, 1.82) is 0 Å². The van der Waals surface area contributed by atoms with Gasteiger partial charge in [-0.25, -0.2) is 0 Å². The van der Waals surface area contributed by atoms with E-state index in [4.69, 9.17) is 0 Å². The Morgan fingerprint density at radius 2 is 1.50 bits per heavy atom. The van der Waals surface area contributed by atoms with Gasteiger partial charge in [0.25, 0.3) is 0 Å². The molecule has 1 heteroatoms. The predicted molar refractivity (Wildman–Crippen MR) is 55.1 cm³/mol. The van der Waals surface area contributed by atoms with E-state index < -0.39 is 7.26 Å². The number of hydrogen-bond acceptors (Lipinski definition) is 0. The molecule has 0 fully saturated rings. The molecule has 64 valence electrons. The molecule has 0 nitrogen and oxygen atoms in total. The zero-order valence-corrected chi connectivity index (χ0v) is 9.36. The molecule has 0 aromatic carbocycles. The van der Waals surface area contributed by atoms with Crippen LogP contribution < -0.4 is 0 Å². The summed E-state index contributed by atoms with van der Waals surface area (Å²) in [6.45, 7) is 14.5. The van der Waals surface area contributed by atoms with Crippen molar-refractivity contribution in [2.45, 2.75) is 45.4 Å². The molecule has 0 aliphatic carbocycles. The number of rotatable bonds is 3. The summed E-state index contributed by atoms with van der Waals surface area (Å²) < 4.78 is 0. The maximum atomic E-state index is 2.51. The second-order valence-corrected chi connectivity index (χ2v) is 10.1. The first-order valence-corrected chi connectivity index (χ1v) is 7.58. The zero-order valence-electron chi connectivity index (χ0n) is 8.36. The third-order valence-corrected chi connectivity index (χ3v) is 9.30. The van der Waals surface area contributed by atoms with Gasteiger partial charge in [-0.05, 0) is 0 Å². The van der Waals surface area contributed by atoms with Gasteiger partial charge in [0.15, 0.2) is 0 Å². The normalized spacial score (nSPS) is 17.5. The van der Waals surface area contributed by atoms with Gasteiger partial charge in [0, 0.05) is 0 Å². The summed E-state index contributed by atoms with van der Waals surface area (Å²) in [6, 6.07) is 0. The van der Waals surface area contributed by atoms with Crippen molar-refractivity contribution in [2.75, 3.05) is 13.3 Å². The molecule has 0 aliphatic heterocycles. The molecule has 0 saturated heterocycles. The molecule has 0 amide bonds. The summed E-state index contributed by atoms with van der Waals surface area (Å²) in [5, 5.41) is 0. The minimum absolute atomic E-state index is 0.884. The Bertz CT molecular complexity index is 94.9. The van der Waals surface area contributed by atoms with E-state index in [2.05, 4.69) is 41.0 Å². The van der Waals surface area contributed by atoms with Crippen molar-refractivity contribution in [2.24, 2.45) is 0 Å². The van der Waals surface area contributed by atoms with Gasteiger partial charge in [0.2, 0.25) is 0 Å². The quantitative estimate of drug-likeness (QED) is 0.559. The molecule has 0 aromatic heterocycles. The van der Waals surface area contributed by atoms with Crippen LogP contribution in [-0.4, -0.2) is 24.6 Å². The molecule has 0 aromatic rings. The van der Waals surface area contributed by atoms with Crippen LogP contribution in [0.4, 0.5) is 0 Å². The van der Waals surface area contributed by atoms with Gasteiger partial charge in [-0.1, -0.05) is 0 Å². The molecule has 0 N–H and O–H groups in total. The van der Waals surface area contributed by atoms with Gasteiger partial charge >= 0.3 is 66.0 Å². The first-order chi connectivity index (χ1) is 4.42. The van der Waals surface area contributed by atoms with E-state index in [1.165, 1.54) is 6.42 Å². The van der Waals surface area contributed by atoms with Crippen LogP contribution in [0.2, 0.25) is 0 Å². The fourth-order valence-corrected chi connectivity index (χ4v) is 3.29. The van der Waals surface area contributed by atoms with Crippen LogP contribution in [0.3, 0.4) is 0 Å². The molecule has 0 rings (SSSR count). The molecule has 10 heavy (non-hydrogen) atoms. The fourth-order valence-electron chi connectivity index (χ4n) is 1.10. The molecule has 0 saturated carbocycles. The topological polar surface area (TPSA) is 0 Å². The summed E-state index contributed by atoms with van der Waals surface area (Å²) in [4.78, 5) is 0. The Hall–Kier alpha value is 0.430. The third-order valence-electron chi connectivity index (χ3n) is 3.37. The second-order valence-electron chi connectivity index (χ2n) is 4.29. The van der Waals surface area contributed by atoms with Gasteiger partial charge in [0.05, 0.1) is 0 Å². The van der Waals surface area contributed by atoms with Crippen LogP contribution in [0.1, 0.15) is 34.1 Å². The van der Waals surface area contributed by atoms with E-state index in [1.807, 2.05) is 0 Å². The first kappa shape index (κ1) is 10.4. The van der Waals surface area contributed by atoms with Crippen LogP contribution >= 0.6 is 7.26 Å². The standard InChI is InChI=1S/C9H23P/c1-7-9(4)10(5,6)8(2)3/h8-10H,7H2,1-6H3. The van der Waals surface area contributed by atoms with E-state index in [-0.39, 0.29) is 0 Å². The van der Waals surface area contributed by atoms with Crippen molar-refractivity contribution in [1.82, 2.24) is 0 Å². The van der Waals surface area contributed by atoms with Crippen molar-refractivity contribution in [3.63, 3.8) is 0 Å². The van der Waals surface area contributed by atoms with E-state index in [1.54, 1.807) is 0 Å². The van der Waals surface area contributed by atoms with Crippen LogP contribution in [0.25, 0.3) is 0 Å². The van der Waals surface area contributed by atoms with Crippen molar-refractivity contribution in [3.8, 4) is 0 Å². The van der Waals surface area contributed by atoms with E-state index in [0.29, 0.717) is 0 Å². The summed E-state index contributed by atoms with van der Waals surface area (Å²) in [6.07, 6.45) is 1.36. The zero-order chi connectivity index (χ0) is 8.36. The molecule has 0 radical (unpaired) electrons. The van der Waals surface area contributed by atoms with Crippen LogP contribution in [0.15, 0.2) is 0 Å². The Kier molecular flexibility index (Phi) is 3.88. The van der Waals surface area contributed by atoms with Gasteiger partial charge in [0.1, 0.15) is 0 Å². The van der Waals surface area contributed by atoms with E-state index in [9.17, 15) is 0 Å². The summed E-state index contributed by atoms with van der Waals surface area (Å²) in [7, 11) is -0.884. The Morgan fingerprint density at radius 3 is 1.60 bits per heavy atom. The molecular weight excluding hydrogens is 139 g/mol. The van der Waals surface area contributed by atoms with Gasteiger partial charge in [-0.3, -0.25) is 0 Å². The molecule has 1 unspecified atom stereocenters. The monoisotopic (exact) mass is 162 g/mol. The molecule has 0 aliphatic rings. The fraction of sp³-hybridized carbons (Fsp3) is 1.00. The predicted octanol–water partition coefficient (Wildman–Crippen LogP) is 3.20. The van der Waals surface area contributed by atoms with Gasteiger partial charge in [-0.2, -0.15) is 0 Å². The summed E-state index contributed by atoms with van der Waals surface area (Å²) in [5.74, 6) is 0. The molecule has 1 atom stereocenters. The van der Waals surface area contributed by atoms with Crippen LogP contribution in [0.5, 0.6) is 0 Å². The van der Waals surface area contributed by atoms with E-state index >= 15 is 0 Å². The Balaban J connectivity index is 4.09. The van der Waals surface area contributed by atoms with Gasteiger partial charge in [-0.15, -0.1) is 0 Å². The van der Waals surface area contributed by atoms with Crippen molar-refractivity contribution < 1.29 is 0 Å². The maximum absolute atomic E-state index is 2.51. The molecule has 0 spiro atoms. The second kappa shape index (κ2) is 3.72. The molecule has 0 heterocycles. The minimum atomic E-state index is -0.884. The van der Waals surface area contributed by atoms with Crippen molar-refractivity contribution in [3.05, 3.63) is 0 Å². The molecular formula is C9H23P. The third kappa shape index (κ3) is 2.23. The summed E-state index contributed by atoms with van der Waals surface area (Å²) in [5.41, 5.74) is 1.91. The first-order valence-electron chi connectivity index (χ1n) is 4.42. The number of hydrogen-bond donors (Lipinski definition) is 0. The molecule has 0 bridgehead atoms. The van der Waals surface area contributed by atoms with E-state index in [0.717, 1.165) is 11.3 Å². The Morgan fingerprint density at radius 1 is 1.10 bits per heavy atom.